The van der Waals surface area contributed by atoms with Crippen molar-refractivity contribution >= 4 is 17.8 Å². The molecular weight excluding hydrogens is 701 g/mol. The molecule has 2 atom stereocenters. The third kappa shape index (κ3) is 8.51. The number of likely N-dealkylation sites (N-methyl/N-ethyl adjacent to an activating group) is 2. The van der Waals surface area contributed by atoms with Gasteiger partial charge in [0, 0.05) is 42.7 Å². The standard InChI is InChI=1S/C27H25N3O3.C19H19N3O/c1-26(2)19-27(24(31)30(26)3,25(32)33-18-21-12-8-5-9-13-21)23-17-16-22(28-29-23)15-14-20-10-6-4-7-11-20;1-19(2)13-16(18(23)22(19)3)17-12-11-15(20-21-17)10-9-14-7-5-4-6-8-14/h4-13,16-17H,18-19H2,1-3H3;4-8,11-12,16H,13H2,1-3H3. The molecule has 4 heterocycles. The summed E-state index contributed by atoms with van der Waals surface area (Å²) >= 11 is 0. The number of rotatable bonds is 5. The molecule has 3 aromatic carbocycles. The largest absolute Gasteiger partial charge is 0.460 e. The molecule has 0 spiro atoms. The predicted octanol–water partition coefficient (Wildman–Crippen LogP) is 6.10. The van der Waals surface area contributed by atoms with Crippen molar-refractivity contribution in [3.8, 4) is 23.7 Å². The molecular formula is C46H44N6O4. The highest BCUT2D eigenvalue weighted by Gasteiger charge is 2.62. The van der Waals surface area contributed by atoms with Gasteiger partial charge in [-0.25, -0.2) is 0 Å². The van der Waals surface area contributed by atoms with Crippen LogP contribution >= 0.6 is 0 Å². The van der Waals surface area contributed by atoms with Crippen LogP contribution < -0.4 is 0 Å². The van der Waals surface area contributed by atoms with E-state index in [2.05, 4.69) is 57.9 Å². The normalized spacial score (nSPS) is 19.1. The molecule has 10 heteroatoms. The second-order valence-electron chi connectivity index (χ2n) is 15.2. The van der Waals surface area contributed by atoms with Crippen molar-refractivity contribution in [3.63, 3.8) is 0 Å². The highest BCUT2D eigenvalue weighted by molar-refractivity contribution is 6.10. The van der Waals surface area contributed by atoms with Crippen LogP contribution in [0.3, 0.4) is 0 Å². The zero-order valence-corrected chi connectivity index (χ0v) is 32.5. The smallest absolute Gasteiger partial charge is 0.328 e. The minimum absolute atomic E-state index is 0.0763. The van der Waals surface area contributed by atoms with E-state index in [0.717, 1.165) is 28.8 Å². The number of hydrogen-bond acceptors (Lipinski definition) is 8. The molecule has 10 nitrogen and oxygen atoms in total. The minimum atomic E-state index is -1.55. The van der Waals surface area contributed by atoms with E-state index in [1.54, 1.807) is 29.0 Å². The Balaban J connectivity index is 0.000000202. The van der Waals surface area contributed by atoms with E-state index >= 15 is 0 Å². The van der Waals surface area contributed by atoms with Gasteiger partial charge in [-0.2, -0.15) is 10.2 Å². The summed E-state index contributed by atoms with van der Waals surface area (Å²) in [5.74, 6) is 11.0. The molecule has 0 radical (unpaired) electrons. The molecule has 282 valence electrons. The highest BCUT2D eigenvalue weighted by atomic mass is 16.5. The van der Waals surface area contributed by atoms with Gasteiger partial charge >= 0.3 is 5.97 Å². The summed E-state index contributed by atoms with van der Waals surface area (Å²) in [4.78, 5) is 42.6. The minimum Gasteiger partial charge on any atom is -0.460 e. The van der Waals surface area contributed by atoms with Gasteiger partial charge in [0.15, 0.2) is 5.41 Å². The third-order valence-corrected chi connectivity index (χ3v) is 10.4. The van der Waals surface area contributed by atoms with Gasteiger partial charge in [-0.1, -0.05) is 78.6 Å². The third-order valence-electron chi connectivity index (χ3n) is 10.4. The molecule has 2 fully saturated rings. The van der Waals surface area contributed by atoms with Crippen LogP contribution in [0.15, 0.2) is 115 Å². The maximum absolute atomic E-state index is 13.4. The van der Waals surface area contributed by atoms with Gasteiger partial charge in [0.25, 0.3) is 0 Å². The van der Waals surface area contributed by atoms with E-state index in [9.17, 15) is 14.4 Å². The molecule has 2 saturated heterocycles. The average Bonchev–Trinajstić information content (AvgIpc) is 3.55. The van der Waals surface area contributed by atoms with Gasteiger partial charge in [-0.3, -0.25) is 14.4 Å². The van der Waals surface area contributed by atoms with Gasteiger partial charge in [0.1, 0.15) is 18.0 Å². The predicted molar refractivity (Wildman–Crippen MR) is 212 cm³/mol. The van der Waals surface area contributed by atoms with Gasteiger partial charge in [-0.05, 0) is 100 Å². The van der Waals surface area contributed by atoms with Gasteiger partial charge in [0.2, 0.25) is 11.8 Å². The second-order valence-corrected chi connectivity index (χ2v) is 15.2. The molecule has 56 heavy (non-hydrogen) atoms. The Morgan fingerprint density at radius 2 is 1.20 bits per heavy atom. The first-order valence-corrected chi connectivity index (χ1v) is 18.4. The summed E-state index contributed by atoms with van der Waals surface area (Å²) in [6, 6.07) is 35.7. The lowest BCUT2D eigenvalue weighted by molar-refractivity contribution is -0.156. The van der Waals surface area contributed by atoms with Crippen molar-refractivity contribution < 1.29 is 19.1 Å². The zero-order chi connectivity index (χ0) is 39.9. The number of nitrogens with zero attached hydrogens (tertiary/aromatic N) is 6. The van der Waals surface area contributed by atoms with Crippen LogP contribution in [0.1, 0.15) is 85.9 Å². The summed E-state index contributed by atoms with van der Waals surface area (Å²) in [5.41, 5.74) is 2.45. The van der Waals surface area contributed by atoms with Gasteiger partial charge < -0.3 is 14.5 Å². The molecule has 5 aromatic rings. The number of likely N-dealkylation sites (tertiary alicyclic amines) is 2. The maximum Gasteiger partial charge on any atom is 0.328 e. The van der Waals surface area contributed by atoms with Crippen molar-refractivity contribution in [2.24, 2.45) is 0 Å². The van der Waals surface area contributed by atoms with Crippen molar-refractivity contribution in [1.82, 2.24) is 30.2 Å². The van der Waals surface area contributed by atoms with E-state index in [-0.39, 0.29) is 42.0 Å². The quantitative estimate of drug-likeness (QED) is 0.120. The Morgan fingerprint density at radius 3 is 1.64 bits per heavy atom. The van der Waals surface area contributed by atoms with Gasteiger partial charge in [0.05, 0.1) is 17.3 Å². The lowest BCUT2D eigenvalue weighted by atomic mass is 9.78. The SMILES string of the molecule is CN1C(=O)C(C(=O)OCc2ccccc2)(c2ccc(C#Cc3ccccc3)nn2)CC1(C)C.CN1C(=O)C(c2ccc(C#Cc3ccccc3)nn2)CC1(C)C. The van der Waals surface area contributed by atoms with Crippen LogP contribution in [0.2, 0.25) is 0 Å². The number of ether oxygens (including phenoxy) is 1. The number of benzene rings is 3. The van der Waals surface area contributed by atoms with Crippen molar-refractivity contribution in [2.45, 2.75) is 69.6 Å². The molecule has 7 rings (SSSR count). The zero-order valence-electron chi connectivity index (χ0n) is 32.5. The molecule has 2 aliphatic heterocycles. The monoisotopic (exact) mass is 744 g/mol. The van der Waals surface area contributed by atoms with E-state index in [1.807, 2.05) is 124 Å². The lowest BCUT2D eigenvalue weighted by Crippen LogP contribution is -2.45. The number of amides is 2. The van der Waals surface area contributed by atoms with Crippen LogP contribution in [0.5, 0.6) is 0 Å². The summed E-state index contributed by atoms with van der Waals surface area (Å²) in [5, 5.41) is 16.8. The number of carbonyl (C=O) groups is 3. The topological polar surface area (TPSA) is 118 Å². The molecule has 2 unspecified atom stereocenters. The van der Waals surface area contributed by atoms with Crippen molar-refractivity contribution in [2.75, 3.05) is 14.1 Å². The van der Waals surface area contributed by atoms with Crippen LogP contribution in [-0.2, 0) is 31.1 Å². The van der Waals surface area contributed by atoms with Crippen LogP contribution in [0, 0.1) is 23.7 Å². The first-order valence-electron chi connectivity index (χ1n) is 18.4. The Kier molecular flexibility index (Phi) is 11.4. The number of carbonyl (C=O) groups excluding carboxylic acids is 3. The number of esters is 1. The fraction of sp³-hybridized carbons (Fsp3) is 0.283. The van der Waals surface area contributed by atoms with Crippen LogP contribution in [-0.4, -0.2) is 73.2 Å². The summed E-state index contributed by atoms with van der Waals surface area (Å²) in [7, 11) is 3.54. The summed E-state index contributed by atoms with van der Waals surface area (Å²) < 4.78 is 5.64. The first kappa shape index (κ1) is 39.1. The van der Waals surface area contributed by atoms with E-state index < -0.39 is 16.9 Å². The summed E-state index contributed by atoms with van der Waals surface area (Å²) in [6.07, 6.45) is 0.999. The molecule has 2 amide bonds. The van der Waals surface area contributed by atoms with Gasteiger partial charge in [-0.15, -0.1) is 10.2 Å². The molecule has 0 saturated carbocycles. The van der Waals surface area contributed by atoms with Crippen molar-refractivity contribution in [3.05, 3.63) is 155 Å². The molecule has 0 bridgehead atoms. The fourth-order valence-corrected chi connectivity index (χ4v) is 6.74. The summed E-state index contributed by atoms with van der Waals surface area (Å²) in [6.45, 7) is 8.05. The Hall–Kier alpha value is -6.65. The average molecular weight is 745 g/mol. The second kappa shape index (κ2) is 16.4. The van der Waals surface area contributed by atoms with E-state index in [0.29, 0.717) is 11.4 Å². The van der Waals surface area contributed by atoms with E-state index in [4.69, 9.17) is 4.74 Å². The Morgan fingerprint density at radius 1 is 0.661 bits per heavy atom. The van der Waals surface area contributed by atoms with Crippen molar-refractivity contribution in [1.29, 1.82) is 0 Å². The van der Waals surface area contributed by atoms with Crippen LogP contribution in [0.25, 0.3) is 0 Å². The highest BCUT2D eigenvalue weighted by Crippen LogP contribution is 2.44. The molecule has 0 aliphatic carbocycles. The number of aromatic nitrogens is 4. The van der Waals surface area contributed by atoms with Crippen LogP contribution in [0.4, 0.5) is 0 Å². The molecule has 2 aliphatic rings. The Labute approximate surface area is 328 Å². The Bertz CT molecular complexity index is 2310. The first-order chi connectivity index (χ1) is 26.8. The fourth-order valence-electron chi connectivity index (χ4n) is 6.74. The molecule has 0 N–H and O–H groups in total. The maximum atomic E-state index is 13.4. The lowest BCUT2D eigenvalue weighted by Gasteiger charge is -2.26. The van der Waals surface area contributed by atoms with E-state index in [1.165, 1.54) is 0 Å². The number of hydrogen-bond donors (Lipinski definition) is 0. The molecule has 2 aromatic heterocycles.